The van der Waals surface area contributed by atoms with Crippen molar-refractivity contribution in [2.24, 2.45) is 22.7 Å². The number of carbonyl (C=O) groups is 2. The lowest BCUT2D eigenvalue weighted by Gasteiger charge is -2.32. The Morgan fingerprint density at radius 2 is 1.65 bits per heavy atom. The summed E-state index contributed by atoms with van der Waals surface area (Å²) in [6.07, 6.45) is -5.22. The summed E-state index contributed by atoms with van der Waals surface area (Å²) in [5.41, 5.74) is -1.74. The highest BCUT2D eigenvalue weighted by molar-refractivity contribution is 6.10. The second-order valence-electron chi connectivity index (χ2n) is 6.48. The van der Waals surface area contributed by atoms with Crippen molar-refractivity contribution >= 4 is 11.6 Å². The molecule has 2 bridgehead atoms. The largest absolute Gasteiger partial charge is 0.461 e. The van der Waals surface area contributed by atoms with Crippen LogP contribution in [0.2, 0.25) is 0 Å². The van der Waals surface area contributed by atoms with Crippen LogP contribution in [0.5, 0.6) is 0 Å². The van der Waals surface area contributed by atoms with Crippen LogP contribution in [0.4, 0.5) is 22.0 Å². The maximum Gasteiger partial charge on any atom is 0.461 e. The molecule has 2 rings (SSSR count). The van der Waals surface area contributed by atoms with Crippen molar-refractivity contribution in [3.63, 3.8) is 0 Å². The number of Topliss-reactive ketones (excluding diaryl/α,β-unsaturated/α-hetero) is 2. The second-order valence-corrected chi connectivity index (χ2v) is 6.48. The number of carbonyl (C=O) groups excluding carboxylic acids is 2. The first-order valence-corrected chi connectivity index (χ1v) is 6.31. The van der Waals surface area contributed by atoms with Gasteiger partial charge in [-0.15, -0.1) is 0 Å². The lowest BCUT2D eigenvalue weighted by molar-refractivity contribution is -0.270. The number of hydrogen-bond donors (Lipinski definition) is 0. The van der Waals surface area contributed by atoms with Gasteiger partial charge in [-0.25, -0.2) is 0 Å². The zero-order valence-corrected chi connectivity index (χ0v) is 11.3. The van der Waals surface area contributed by atoms with Crippen LogP contribution in [-0.2, 0) is 9.59 Å². The Kier molecular flexibility index (Phi) is 2.92. The first kappa shape index (κ1) is 15.4. The number of halogens is 5. The fourth-order valence-corrected chi connectivity index (χ4v) is 3.72. The lowest BCUT2D eigenvalue weighted by atomic mass is 9.70. The smallest absolute Gasteiger partial charge is 0.298 e. The summed E-state index contributed by atoms with van der Waals surface area (Å²) in [5, 5.41) is 0. The van der Waals surface area contributed by atoms with Crippen LogP contribution in [0.25, 0.3) is 0 Å². The minimum absolute atomic E-state index is 0.319. The quantitative estimate of drug-likeness (QED) is 0.578. The fourth-order valence-electron chi connectivity index (χ4n) is 3.72. The molecule has 0 aromatic carbocycles. The Balaban J connectivity index is 2.42. The zero-order valence-electron chi connectivity index (χ0n) is 11.3. The molecule has 3 atom stereocenters. The molecule has 2 saturated carbocycles. The zero-order chi connectivity index (χ0) is 15.7. The molecule has 0 radical (unpaired) electrons. The minimum atomic E-state index is -5.96. The van der Waals surface area contributed by atoms with Gasteiger partial charge in [0.25, 0.3) is 0 Å². The topological polar surface area (TPSA) is 34.1 Å². The van der Waals surface area contributed by atoms with Gasteiger partial charge >= 0.3 is 12.1 Å². The van der Waals surface area contributed by atoms with E-state index in [2.05, 4.69) is 0 Å². The monoisotopic (exact) mass is 298 g/mol. The molecule has 2 nitrogen and oxygen atoms in total. The first-order valence-electron chi connectivity index (χ1n) is 6.31. The third kappa shape index (κ3) is 1.55. The van der Waals surface area contributed by atoms with E-state index in [1.54, 1.807) is 20.8 Å². The van der Waals surface area contributed by atoms with Crippen LogP contribution in [-0.4, -0.2) is 23.7 Å². The van der Waals surface area contributed by atoms with Gasteiger partial charge in [0, 0.05) is 5.41 Å². The lowest BCUT2D eigenvalue weighted by Crippen LogP contribution is -2.50. The Hall–Kier alpha value is -1.01. The highest BCUT2D eigenvalue weighted by Gasteiger charge is 2.73. The van der Waals surface area contributed by atoms with Crippen LogP contribution < -0.4 is 0 Å². The molecule has 0 N–H and O–H groups in total. The fraction of sp³-hybridized carbons (Fsp3) is 0.846. The summed E-state index contributed by atoms with van der Waals surface area (Å²) in [6, 6.07) is 0. The molecule has 2 fully saturated rings. The predicted molar refractivity (Wildman–Crippen MR) is 59.1 cm³/mol. The SMILES string of the molecule is CC1(C)[C@H]2CC[C@@]1(C)C(=O)[C@H]2C(=O)C(F)(F)C(F)(F)F. The molecule has 0 saturated heterocycles. The van der Waals surface area contributed by atoms with Crippen molar-refractivity contribution in [3.8, 4) is 0 Å². The van der Waals surface area contributed by atoms with E-state index in [-0.39, 0.29) is 0 Å². The molecule has 0 unspecified atom stereocenters. The summed E-state index contributed by atoms with van der Waals surface area (Å²) >= 11 is 0. The van der Waals surface area contributed by atoms with Crippen molar-refractivity contribution < 1.29 is 31.5 Å². The molecule has 114 valence electrons. The summed E-state index contributed by atoms with van der Waals surface area (Å²) in [4.78, 5) is 23.9. The molecule has 0 aromatic rings. The van der Waals surface area contributed by atoms with Crippen molar-refractivity contribution in [2.75, 3.05) is 0 Å². The Morgan fingerprint density at radius 3 is 2.00 bits per heavy atom. The average molecular weight is 298 g/mol. The van der Waals surface area contributed by atoms with E-state index in [0.29, 0.717) is 12.8 Å². The molecular weight excluding hydrogens is 283 g/mol. The molecule has 0 heterocycles. The normalized spacial score (nSPS) is 36.5. The van der Waals surface area contributed by atoms with E-state index in [9.17, 15) is 31.5 Å². The maximum atomic E-state index is 13.2. The van der Waals surface area contributed by atoms with Gasteiger partial charge in [-0.2, -0.15) is 22.0 Å². The predicted octanol–water partition coefficient (Wildman–Crippen LogP) is 3.39. The molecule has 0 amide bonds. The minimum Gasteiger partial charge on any atom is -0.298 e. The van der Waals surface area contributed by atoms with Gasteiger partial charge in [0.2, 0.25) is 5.78 Å². The van der Waals surface area contributed by atoms with Crippen LogP contribution in [0.3, 0.4) is 0 Å². The van der Waals surface area contributed by atoms with Gasteiger partial charge in [0.15, 0.2) is 0 Å². The van der Waals surface area contributed by atoms with Gasteiger partial charge in [-0.1, -0.05) is 20.8 Å². The van der Waals surface area contributed by atoms with Gasteiger partial charge < -0.3 is 0 Å². The molecule has 20 heavy (non-hydrogen) atoms. The Morgan fingerprint density at radius 1 is 1.15 bits per heavy atom. The van der Waals surface area contributed by atoms with E-state index in [0.717, 1.165) is 0 Å². The van der Waals surface area contributed by atoms with E-state index < -0.39 is 46.3 Å². The van der Waals surface area contributed by atoms with E-state index >= 15 is 0 Å². The maximum absolute atomic E-state index is 13.2. The molecule has 2 aliphatic carbocycles. The number of ketones is 2. The average Bonchev–Trinajstić information content (AvgIpc) is 2.58. The van der Waals surface area contributed by atoms with Crippen molar-refractivity contribution in [2.45, 2.75) is 45.7 Å². The summed E-state index contributed by atoms with van der Waals surface area (Å²) in [6.45, 7) is 4.86. The Bertz CT molecular complexity index is 480. The van der Waals surface area contributed by atoms with Crippen molar-refractivity contribution in [1.29, 1.82) is 0 Å². The number of fused-ring (bicyclic) bond motifs is 2. The second kappa shape index (κ2) is 3.80. The van der Waals surface area contributed by atoms with Crippen molar-refractivity contribution in [1.82, 2.24) is 0 Å². The van der Waals surface area contributed by atoms with Gasteiger partial charge in [-0.05, 0) is 24.2 Å². The van der Waals surface area contributed by atoms with Gasteiger partial charge in [0.1, 0.15) is 5.78 Å². The van der Waals surface area contributed by atoms with Gasteiger partial charge in [0.05, 0.1) is 5.92 Å². The Labute approximate surface area is 112 Å². The highest BCUT2D eigenvalue weighted by Crippen LogP contribution is 2.66. The standard InChI is InChI=1S/C13H15F5O2/c1-10(2)6-4-5-11(10,3)8(19)7(6)9(20)12(14,15)13(16,17)18/h6-7H,4-5H2,1-3H3/t6-,7-,11-/m0/s1. The van der Waals surface area contributed by atoms with E-state index in [1.165, 1.54) is 0 Å². The molecule has 2 aliphatic rings. The van der Waals surface area contributed by atoms with Crippen LogP contribution in [0.15, 0.2) is 0 Å². The van der Waals surface area contributed by atoms with Gasteiger partial charge in [-0.3, -0.25) is 9.59 Å². The van der Waals surface area contributed by atoms with E-state index in [1.807, 2.05) is 0 Å². The summed E-state index contributed by atoms with van der Waals surface area (Å²) in [5.74, 6) is -11.1. The summed E-state index contributed by atoms with van der Waals surface area (Å²) in [7, 11) is 0. The number of alkyl halides is 5. The molecule has 7 heteroatoms. The van der Waals surface area contributed by atoms with Crippen LogP contribution >= 0.6 is 0 Å². The van der Waals surface area contributed by atoms with Crippen LogP contribution in [0.1, 0.15) is 33.6 Å². The number of rotatable bonds is 2. The molecule has 0 aliphatic heterocycles. The summed E-state index contributed by atoms with van der Waals surface area (Å²) < 4.78 is 63.4. The van der Waals surface area contributed by atoms with E-state index in [4.69, 9.17) is 0 Å². The third-order valence-electron chi connectivity index (χ3n) is 5.48. The molecular formula is C13H15F5O2. The van der Waals surface area contributed by atoms with Crippen molar-refractivity contribution in [3.05, 3.63) is 0 Å². The third-order valence-corrected chi connectivity index (χ3v) is 5.48. The molecule has 0 aromatic heterocycles. The molecule has 0 spiro atoms. The highest BCUT2D eigenvalue weighted by atomic mass is 19.4. The number of hydrogen-bond acceptors (Lipinski definition) is 2. The first-order chi connectivity index (χ1) is 8.78. The van der Waals surface area contributed by atoms with Crippen LogP contribution in [0, 0.1) is 22.7 Å².